The van der Waals surface area contributed by atoms with Crippen LogP contribution in [0, 0.1) is 0 Å². The highest BCUT2D eigenvalue weighted by Gasteiger charge is 2.31. The van der Waals surface area contributed by atoms with Crippen LogP contribution in [0.15, 0.2) is 24.4 Å². The first kappa shape index (κ1) is 22.3. The summed E-state index contributed by atoms with van der Waals surface area (Å²) in [6, 6.07) is 7.68. The molecule has 0 radical (unpaired) electrons. The van der Waals surface area contributed by atoms with Gasteiger partial charge in [-0.05, 0) is 55.2 Å². The fraction of sp³-hybridized carbons (Fsp3) is 0.577. The summed E-state index contributed by atoms with van der Waals surface area (Å²) in [6.07, 6.45) is 10.6. The number of amides is 1. The maximum atomic E-state index is 13.0. The number of carbonyl (C=O) groups is 1. The van der Waals surface area contributed by atoms with Gasteiger partial charge in [-0.2, -0.15) is 0 Å². The normalized spacial score (nSPS) is 20.6. The fourth-order valence-corrected chi connectivity index (χ4v) is 5.56. The zero-order valence-electron chi connectivity index (χ0n) is 19.7. The molecule has 0 unspecified atom stereocenters. The van der Waals surface area contributed by atoms with E-state index in [0.29, 0.717) is 18.7 Å². The molecular weight excluding hydrogens is 414 g/mol. The standard InChI is InChI=1S/C25H31N5O.CH4O/c31-24-22-15-26-25(29-10-1-2-11-29)27-23(22)17-30(24)16-18-6-7-19-8-12-28(21-4-3-5-21)13-9-20(19)14-18;1-2/h6-7,14-15,21H,1-5,8-13,16-17H2;2H,1H3. The van der Waals surface area contributed by atoms with E-state index in [9.17, 15) is 4.79 Å². The molecular formula is C26H35N5O2. The molecule has 1 aromatic carbocycles. The number of hydrogen-bond donors (Lipinski definition) is 1. The first-order valence-electron chi connectivity index (χ1n) is 12.4. The Balaban J connectivity index is 0.00000111. The summed E-state index contributed by atoms with van der Waals surface area (Å²) in [5.74, 6) is 0.848. The lowest BCUT2D eigenvalue weighted by atomic mass is 9.91. The van der Waals surface area contributed by atoms with Crippen molar-refractivity contribution in [3.63, 3.8) is 0 Å². The zero-order chi connectivity index (χ0) is 22.8. The monoisotopic (exact) mass is 449 g/mol. The molecule has 1 aromatic heterocycles. The van der Waals surface area contributed by atoms with Gasteiger partial charge >= 0.3 is 0 Å². The molecule has 176 valence electrons. The summed E-state index contributed by atoms with van der Waals surface area (Å²) in [7, 11) is 1.00. The second-order valence-corrected chi connectivity index (χ2v) is 9.61. The Morgan fingerprint density at radius 1 is 1.00 bits per heavy atom. The van der Waals surface area contributed by atoms with Gasteiger partial charge in [0, 0.05) is 52.1 Å². The van der Waals surface area contributed by atoms with Crippen molar-refractivity contribution in [1.82, 2.24) is 19.8 Å². The lowest BCUT2D eigenvalue weighted by Crippen LogP contribution is -2.41. The smallest absolute Gasteiger partial charge is 0.258 e. The molecule has 1 N–H and O–H groups in total. The Kier molecular flexibility index (Phi) is 6.60. The molecule has 6 rings (SSSR count). The van der Waals surface area contributed by atoms with Crippen LogP contribution in [0.4, 0.5) is 5.95 Å². The van der Waals surface area contributed by atoms with Crippen molar-refractivity contribution in [2.24, 2.45) is 0 Å². The van der Waals surface area contributed by atoms with Crippen LogP contribution in [0.5, 0.6) is 0 Å². The van der Waals surface area contributed by atoms with Crippen LogP contribution >= 0.6 is 0 Å². The van der Waals surface area contributed by atoms with Crippen molar-refractivity contribution >= 4 is 11.9 Å². The number of aliphatic hydroxyl groups is 1. The molecule has 2 aromatic rings. The third kappa shape index (κ3) is 4.49. The molecule has 1 aliphatic carbocycles. The molecule has 3 aliphatic heterocycles. The van der Waals surface area contributed by atoms with E-state index in [4.69, 9.17) is 10.1 Å². The third-order valence-corrected chi connectivity index (χ3v) is 7.67. The number of anilines is 1. The van der Waals surface area contributed by atoms with Gasteiger partial charge in [0.05, 0.1) is 17.8 Å². The van der Waals surface area contributed by atoms with E-state index >= 15 is 0 Å². The second-order valence-electron chi connectivity index (χ2n) is 9.61. The van der Waals surface area contributed by atoms with E-state index in [1.807, 2.05) is 4.90 Å². The van der Waals surface area contributed by atoms with Crippen LogP contribution in [-0.4, -0.2) is 70.1 Å². The third-order valence-electron chi connectivity index (χ3n) is 7.67. The molecule has 7 nitrogen and oxygen atoms in total. The molecule has 0 atom stereocenters. The van der Waals surface area contributed by atoms with E-state index in [-0.39, 0.29) is 5.91 Å². The first-order chi connectivity index (χ1) is 16.2. The maximum Gasteiger partial charge on any atom is 0.258 e. The van der Waals surface area contributed by atoms with Crippen molar-refractivity contribution in [3.05, 3.63) is 52.3 Å². The van der Waals surface area contributed by atoms with E-state index in [1.54, 1.807) is 6.20 Å². The van der Waals surface area contributed by atoms with Gasteiger partial charge in [0.25, 0.3) is 5.91 Å². The fourth-order valence-electron chi connectivity index (χ4n) is 5.56. The molecule has 4 heterocycles. The summed E-state index contributed by atoms with van der Waals surface area (Å²) in [5.41, 5.74) is 5.74. The van der Waals surface area contributed by atoms with Crippen LogP contribution < -0.4 is 4.90 Å². The van der Waals surface area contributed by atoms with Gasteiger partial charge in [0.1, 0.15) is 0 Å². The van der Waals surface area contributed by atoms with Crippen LogP contribution in [0.3, 0.4) is 0 Å². The van der Waals surface area contributed by atoms with Crippen molar-refractivity contribution in [1.29, 1.82) is 0 Å². The summed E-state index contributed by atoms with van der Waals surface area (Å²) in [6.45, 7) is 5.63. The van der Waals surface area contributed by atoms with Crippen LogP contribution in [0.25, 0.3) is 0 Å². The molecule has 1 saturated carbocycles. The molecule has 0 spiro atoms. The van der Waals surface area contributed by atoms with Crippen molar-refractivity contribution in [3.8, 4) is 0 Å². The number of carbonyl (C=O) groups excluding carboxylic acids is 1. The highest BCUT2D eigenvalue weighted by molar-refractivity contribution is 5.97. The number of hydrogen-bond acceptors (Lipinski definition) is 6. The molecule has 1 amide bonds. The van der Waals surface area contributed by atoms with Crippen molar-refractivity contribution < 1.29 is 9.90 Å². The molecule has 4 aliphatic rings. The minimum atomic E-state index is 0.0640. The Labute approximate surface area is 196 Å². The van der Waals surface area contributed by atoms with E-state index in [1.165, 1.54) is 61.9 Å². The van der Waals surface area contributed by atoms with E-state index in [0.717, 1.165) is 50.7 Å². The van der Waals surface area contributed by atoms with Gasteiger partial charge in [0.15, 0.2) is 0 Å². The Morgan fingerprint density at radius 2 is 1.76 bits per heavy atom. The molecule has 1 saturated heterocycles. The SMILES string of the molecule is CO.O=C1c2cnc(N3CCCC3)nc2CN1Cc1ccc2c(c1)CCN(C1CCC1)CC2. The topological polar surface area (TPSA) is 72.8 Å². The molecule has 33 heavy (non-hydrogen) atoms. The number of fused-ring (bicyclic) bond motifs is 2. The first-order valence-corrected chi connectivity index (χ1v) is 12.4. The van der Waals surface area contributed by atoms with Gasteiger partial charge in [-0.15, -0.1) is 0 Å². The number of nitrogens with zero attached hydrogens (tertiary/aromatic N) is 5. The number of benzene rings is 1. The van der Waals surface area contributed by atoms with Gasteiger partial charge in [-0.1, -0.05) is 24.6 Å². The highest BCUT2D eigenvalue weighted by atomic mass is 16.2. The maximum absolute atomic E-state index is 13.0. The second kappa shape index (κ2) is 9.77. The van der Waals surface area contributed by atoms with Crippen molar-refractivity contribution in [2.75, 3.05) is 38.2 Å². The van der Waals surface area contributed by atoms with Crippen LogP contribution in [0.2, 0.25) is 0 Å². The summed E-state index contributed by atoms with van der Waals surface area (Å²) >= 11 is 0. The largest absolute Gasteiger partial charge is 0.400 e. The Hall–Kier alpha value is -2.51. The summed E-state index contributed by atoms with van der Waals surface area (Å²) < 4.78 is 0. The van der Waals surface area contributed by atoms with Crippen LogP contribution in [0.1, 0.15) is 64.8 Å². The number of aromatic nitrogens is 2. The van der Waals surface area contributed by atoms with Gasteiger partial charge < -0.3 is 14.9 Å². The lowest BCUT2D eigenvalue weighted by molar-refractivity contribution is 0.0766. The van der Waals surface area contributed by atoms with Gasteiger partial charge in [-0.3, -0.25) is 9.69 Å². The quantitative estimate of drug-likeness (QED) is 0.774. The summed E-state index contributed by atoms with van der Waals surface area (Å²) in [4.78, 5) is 29.0. The number of rotatable bonds is 4. The zero-order valence-corrected chi connectivity index (χ0v) is 19.7. The molecule has 7 heteroatoms. The lowest BCUT2D eigenvalue weighted by Gasteiger charge is -2.36. The minimum Gasteiger partial charge on any atom is -0.400 e. The average Bonchev–Trinajstić information content (AvgIpc) is 3.40. The highest BCUT2D eigenvalue weighted by Crippen LogP contribution is 2.29. The minimum absolute atomic E-state index is 0.0640. The predicted octanol–water partition coefficient (Wildman–Crippen LogP) is 2.79. The average molecular weight is 450 g/mol. The van der Waals surface area contributed by atoms with Crippen LogP contribution in [-0.2, 0) is 25.9 Å². The Bertz CT molecular complexity index is 1000. The van der Waals surface area contributed by atoms with E-state index in [2.05, 4.69) is 33.0 Å². The van der Waals surface area contributed by atoms with Gasteiger partial charge in [-0.25, -0.2) is 9.97 Å². The number of aliphatic hydroxyl groups excluding tert-OH is 1. The van der Waals surface area contributed by atoms with E-state index < -0.39 is 0 Å². The Morgan fingerprint density at radius 3 is 2.48 bits per heavy atom. The van der Waals surface area contributed by atoms with Crippen molar-refractivity contribution in [2.45, 2.75) is 64.1 Å². The molecule has 2 fully saturated rings. The van der Waals surface area contributed by atoms with Gasteiger partial charge in [0.2, 0.25) is 5.95 Å². The predicted molar refractivity (Wildman–Crippen MR) is 128 cm³/mol. The molecule has 0 bridgehead atoms. The summed E-state index contributed by atoms with van der Waals surface area (Å²) in [5, 5.41) is 7.00.